The molecule has 8 heteroatoms. The largest absolute Gasteiger partial charge is 0.450 e. The van der Waals surface area contributed by atoms with Gasteiger partial charge >= 0.3 is 5.97 Å². The summed E-state index contributed by atoms with van der Waals surface area (Å²) in [6.45, 7) is 1.20. The number of amides is 1. The number of carbonyl (C=O) groups is 2. The van der Waals surface area contributed by atoms with Crippen molar-refractivity contribution in [3.63, 3.8) is 0 Å². The van der Waals surface area contributed by atoms with Crippen molar-refractivity contribution in [1.82, 2.24) is 5.16 Å². The molecule has 1 N–H and O–H groups in total. The fourth-order valence-electron chi connectivity index (χ4n) is 1.43. The number of ether oxygens (including phenoxy) is 1. The molecule has 0 aliphatic heterocycles. The summed E-state index contributed by atoms with van der Waals surface area (Å²) < 4.78 is 9.50. The Kier molecular flexibility index (Phi) is 4.82. The molecule has 21 heavy (non-hydrogen) atoms. The summed E-state index contributed by atoms with van der Waals surface area (Å²) in [5, 5.41) is 6.75. The van der Waals surface area contributed by atoms with Gasteiger partial charge in [-0.3, -0.25) is 4.79 Å². The van der Waals surface area contributed by atoms with Gasteiger partial charge in [-0.1, -0.05) is 28.4 Å². The van der Waals surface area contributed by atoms with Crippen molar-refractivity contribution in [2.45, 2.75) is 6.92 Å². The van der Waals surface area contributed by atoms with Gasteiger partial charge in [-0.25, -0.2) is 4.79 Å². The van der Waals surface area contributed by atoms with Gasteiger partial charge in [-0.15, -0.1) is 0 Å². The smallest absolute Gasteiger partial charge is 0.377 e. The van der Waals surface area contributed by atoms with E-state index in [9.17, 15) is 9.59 Å². The number of carbonyl (C=O) groups excluding carboxylic acids is 2. The van der Waals surface area contributed by atoms with Crippen LogP contribution in [0.1, 0.15) is 16.2 Å². The molecule has 0 spiro atoms. The number of halogens is 2. The van der Waals surface area contributed by atoms with E-state index in [4.69, 9.17) is 32.5 Å². The van der Waals surface area contributed by atoms with Crippen LogP contribution < -0.4 is 5.32 Å². The third-order valence-electron chi connectivity index (χ3n) is 2.37. The maximum atomic E-state index is 11.6. The van der Waals surface area contributed by atoms with Crippen LogP contribution in [0, 0.1) is 6.92 Å². The van der Waals surface area contributed by atoms with Crippen molar-refractivity contribution in [2.24, 2.45) is 0 Å². The van der Waals surface area contributed by atoms with E-state index >= 15 is 0 Å². The second kappa shape index (κ2) is 6.60. The molecule has 0 atom stereocenters. The Morgan fingerprint density at radius 2 is 2.05 bits per heavy atom. The van der Waals surface area contributed by atoms with E-state index in [-0.39, 0.29) is 5.76 Å². The number of aryl methyl sites for hydroxylation is 1. The van der Waals surface area contributed by atoms with Gasteiger partial charge in [0.25, 0.3) is 5.91 Å². The van der Waals surface area contributed by atoms with Crippen LogP contribution in [0.3, 0.4) is 0 Å². The van der Waals surface area contributed by atoms with E-state index in [2.05, 4.69) is 10.5 Å². The lowest BCUT2D eigenvalue weighted by Crippen LogP contribution is -2.20. The minimum atomic E-state index is -0.764. The molecule has 0 saturated heterocycles. The van der Waals surface area contributed by atoms with Gasteiger partial charge in [0.1, 0.15) is 0 Å². The Morgan fingerprint density at radius 3 is 2.67 bits per heavy atom. The summed E-state index contributed by atoms with van der Waals surface area (Å²) in [5.74, 6) is -1.34. The number of benzene rings is 1. The van der Waals surface area contributed by atoms with Crippen LogP contribution in [0.4, 0.5) is 5.69 Å². The van der Waals surface area contributed by atoms with Gasteiger partial charge in [0.15, 0.2) is 6.61 Å². The molecule has 0 saturated carbocycles. The molecule has 1 aromatic heterocycles. The Hall–Kier alpha value is -2.05. The van der Waals surface area contributed by atoms with E-state index in [1.165, 1.54) is 12.1 Å². The molecular formula is C13H10Cl2N2O4. The predicted molar refractivity (Wildman–Crippen MR) is 76.6 cm³/mol. The molecule has 1 amide bonds. The average molecular weight is 329 g/mol. The Labute approximate surface area is 130 Å². The highest BCUT2D eigenvalue weighted by Crippen LogP contribution is 2.24. The first kappa shape index (κ1) is 15.3. The fraction of sp³-hybridized carbons (Fsp3) is 0.154. The lowest BCUT2D eigenvalue weighted by molar-refractivity contribution is -0.119. The van der Waals surface area contributed by atoms with Crippen molar-refractivity contribution < 1.29 is 18.8 Å². The van der Waals surface area contributed by atoms with E-state index in [1.807, 2.05) is 0 Å². The highest BCUT2D eigenvalue weighted by molar-refractivity contribution is 6.42. The highest BCUT2D eigenvalue weighted by atomic mass is 35.5. The molecule has 0 aliphatic carbocycles. The number of rotatable bonds is 4. The first-order valence-corrected chi connectivity index (χ1v) is 6.56. The number of anilines is 1. The number of hydrogen-bond donors (Lipinski definition) is 1. The minimum Gasteiger partial charge on any atom is -0.450 e. The van der Waals surface area contributed by atoms with E-state index in [0.717, 1.165) is 0 Å². The summed E-state index contributed by atoms with van der Waals surface area (Å²) in [5.41, 5.74) is 0.989. The Bertz CT molecular complexity index is 685. The third kappa shape index (κ3) is 4.21. The lowest BCUT2D eigenvalue weighted by Gasteiger charge is -2.06. The van der Waals surface area contributed by atoms with Gasteiger partial charge in [-0.05, 0) is 25.1 Å². The van der Waals surface area contributed by atoms with Crippen LogP contribution in [0.5, 0.6) is 0 Å². The summed E-state index contributed by atoms with van der Waals surface area (Å²) in [4.78, 5) is 23.2. The van der Waals surface area contributed by atoms with Gasteiger partial charge in [0.2, 0.25) is 5.76 Å². The SMILES string of the molecule is Cc1cc(C(=O)OCC(=O)Nc2ccc(Cl)c(Cl)c2)on1. The molecule has 110 valence electrons. The van der Waals surface area contributed by atoms with Gasteiger partial charge in [0.05, 0.1) is 15.7 Å². The molecule has 0 fully saturated rings. The van der Waals surface area contributed by atoms with Crippen LogP contribution in [0.15, 0.2) is 28.8 Å². The molecule has 0 aliphatic rings. The van der Waals surface area contributed by atoms with E-state index < -0.39 is 18.5 Å². The first-order chi connectivity index (χ1) is 9.95. The Morgan fingerprint density at radius 1 is 1.29 bits per heavy atom. The van der Waals surface area contributed by atoms with Crippen molar-refractivity contribution in [3.05, 3.63) is 45.8 Å². The number of hydrogen-bond acceptors (Lipinski definition) is 5. The van der Waals surface area contributed by atoms with E-state index in [1.54, 1.807) is 19.1 Å². The van der Waals surface area contributed by atoms with Crippen LogP contribution in [0.25, 0.3) is 0 Å². The molecule has 2 rings (SSSR count). The molecule has 1 heterocycles. The molecule has 0 bridgehead atoms. The normalized spacial score (nSPS) is 10.2. The predicted octanol–water partition coefficient (Wildman–Crippen LogP) is 3.09. The molecule has 6 nitrogen and oxygen atoms in total. The summed E-state index contributed by atoms with van der Waals surface area (Å²) >= 11 is 11.6. The number of nitrogens with zero attached hydrogens (tertiary/aromatic N) is 1. The van der Waals surface area contributed by atoms with Crippen molar-refractivity contribution >= 4 is 40.8 Å². The molecule has 0 radical (unpaired) electrons. The maximum Gasteiger partial charge on any atom is 0.377 e. The zero-order valence-corrected chi connectivity index (χ0v) is 12.4. The maximum absolute atomic E-state index is 11.6. The Balaban J connectivity index is 1.87. The minimum absolute atomic E-state index is 0.0603. The zero-order chi connectivity index (χ0) is 15.4. The third-order valence-corrected chi connectivity index (χ3v) is 3.11. The average Bonchev–Trinajstić information content (AvgIpc) is 2.87. The van der Waals surface area contributed by atoms with E-state index in [0.29, 0.717) is 21.4 Å². The first-order valence-electron chi connectivity index (χ1n) is 5.81. The number of nitrogens with one attached hydrogen (secondary N) is 1. The van der Waals surface area contributed by atoms with Crippen LogP contribution in [0.2, 0.25) is 10.0 Å². The van der Waals surface area contributed by atoms with Crippen LogP contribution in [-0.4, -0.2) is 23.6 Å². The van der Waals surface area contributed by atoms with Gasteiger partial charge < -0.3 is 14.6 Å². The molecular weight excluding hydrogens is 319 g/mol. The monoisotopic (exact) mass is 328 g/mol. The van der Waals surface area contributed by atoms with Crippen molar-refractivity contribution in [3.8, 4) is 0 Å². The second-order valence-corrected chi connectivity index (χ2v) is 4.90. The quantitative estimate of drug-likeness (QED) is 0.872. The highest BCUT2D eigenvalue weighted by Gasteiger charge is 2.15. The van der Waals surface area contributed by atoms with Crippen molar-refractivity contribution in [1.29, 1.82) is 0 Å². The molecule has 2 aromatic rings. The van der Waals surface area contributed by atoms with Gasteiger partial charge in [-0.2, -0.15) is 0 Å². The molecule has 1 aromatic carbocycles. The number of esters is 1. The number of aromatic nitrogens is 1. The van der Waals surface area contributed by atoms with Crippen LogP contribution >= 0.6 is 23.2 Å². The fourth-order valence-corrected chi connectivity index (χ4v) is 1.73. The topological polar surface area (TPSA) is 81.4 Å². The second-order valence-electron chi connectivity index (χ2n) is 4.09. The standard InChI is InChI=1S/C13H10Cl2N2O4/c1-7-4-11(21-17-7)13(19)20-6-12(18)16-8-2-3-9(14)10(15)5-8/h2-5H,6H2,1H3,(H,16,18). The summed E-state index contributed by atoms with van der Waals surface area (Å²) in [6.07, 6.45) is 0. The van der Waals surface area contributed by atoms with Crippen LogP contribution in [-0.2, 0) is 9.53 Å². The lowest BCUT2D eigenvalue weighted by atomic mass is 10.3. The summed E-state index contributed by atoms with van der Waals surface area (Å²) in [7, 11) is 0. The van der Waals surface area contributed by atoms with Crippen molar-refractivity contribution in [2.75, 3.05) is 11.9 Å². The molecule has 0 unspecified atom stereocenters. The summed E-state index contributed by atoms with van der Waals surface area (Å²) in [6, 6.07) is 6.03. The van der Waals surface area contributed by atoms with Gasteiger partial charge in [0, 0.05) is 11.8 Å². The zero-order valence-electron chi connectivity index (χ0n) is 10.9.